The van der Waals surface area contributed by atoms with Gasteiger partial charge in [-0.2, -0.15) is 0 Å². The summed E-state index contributed by atoms with van der Waals surface area (Å²) >= 11 is 6.70. The molecule has 0 bridgehead atoms. The van der Waals surface area contributed by atoms with Crippen molar-refractivity contribution in [2.24, 2.45) is 0 Å². The zero-order valence-electron chi connectivity index (χ0n) is 10.3. The number of aromatic hydroxyl groups is 1. The van der Waals surface area contributed by atoms with Crippen LogP contribution in [0.25, 0.3) is 6.08 Å². The number of rotatable bonds is 4. The molecule has 0 saturated heterocycles. The molecule has 0 saturated carbocycles. The van der Waals surface area contributed by atoms with Gasteiger partial charge in [-0.25, -0.2) is 9.78 Å². The van der Waals surface area contributed by atoms with E-state index in [0.717, 1.165) is 11.8 Å². The van der Waals surface area contributed by atoms with Gasteiger partial charge in [0.1, 0.15) is 16.5 Å². The first-order valence-electron chi connectivity index (χ1n) is 5.46. The van der Waals surface area contributed by atoms with E-state index < -0.39 is 5.97 Å². The fourth-order valence-electron chi connectivity index (χ4n) is 1.38. The summed E-state index contributed by atoms with van der Waals surface area (Å²) in [6, 6.07) is 4.39. The van der Waals surface area contributed by atoms with Gasteiger partial charge in [0.15, 0.2) is 0 Å². The van der Waals surface area contributed by atoms with Crippen LogP contribution in [0.2, 0.25) is 5.02 Å². The lowest BCUT2D eigenvalue weighted by atomic mass is 10.2. The van der Waals surface area contributed by atoms with Gasteiger partial charge in [-0.15, -0.1) is 5.10 Å². The first-order valence-corrected chi connectivity index (χ1v) is 6.65. The van der Waals surface area contributed by atoms with Crippen LogP contribution >= 0.6 is 23.4 Å². The van der Waals surface area contributed by atoms with Crippen molar-refractivity contribution in [3.8, 4) is 5.75 Å². The van der Waals surface area contributed by atoms with Gasteiger partial charge in [0.05, 0.1) is 0 Å². The molecule has 0 amide bonds. The molecule has 0 unspecified atom stereocenters. The fourth-order valence-corrected chi connectivity index (χ4v) is 2.31. The largest absolute Gasteiger partial charge is 0.507 e. The lowest BCUT2D eigenvalue weighted by molar-refractivity contribution is -0.131. The number of aromatic amines is 1. The third-order valence-electron chi connectivity index (χ3n) is 2.26. The smallest absolute Gasteiger partial charge is 0.342 e. The van der Waals surface area contributed by atoms with Crippen LogP contribution in [0.3, 0.4) is 0 Å². The van der Waals surface area contributed by atoms with Crippen LogP contribution in [-0.4, -0.2) is 31.4 Å². The average molecular weight is 312 g/mol. The number of aromatic nitrogens is 3. The molecule has 0 radical (unpaired) electrons. The Labute approximate surface area is 123 Å². The quantitative estimate of drug-likeness (QED) is 0.593. The third kappa shape index (κ3) is 3.52. The van der Waals surface area contributed by atoms with E-state index in [4.69, 9.17) is 11.6 Å². The van der Waals surface area contributed by atoms with Crippen LogP contribution in [0.1, 0.15) is 11.4 Å². The van der Waals surface area contributed by atoms with E-state index in [-0.39, 0.29) is 15.8 Å². The van der Waals surface area contributed by atoms with Gasteiger partial charge in [0.25, 0.3) is 0 Å². The molecule has 1 aromatic carbocycles. The molecule has 20 heavy (non-hydrogen) atoms. The summed E-state index contributed by atoms with van der Waals surface area (Å²) in [5.74, 6) is -0.611. The molecular weight excluding hydrogens is 302 g/mol. The van der Waals surface area contributed by atoms with Gasteiger partial charge in [-0.3, -0.25) is 5.10 Å². The number of aliphatic carboxylic acids is 1. The van der Waals surface area contributed by atoms with E-state index in [9.17, 15) is 15.0 Å². The summed E-state index contributed by atoms with van der Waals surface area (Å²) < 4.78 is 0. The zero-order chi connectivity index (χ0) is 14.7. The molecule has 0 aliphatic carbocycles. The summed E-state index contributed by atoms with van der Waals surface area (Å²) in [7, 11) is 0. The van der Waals surface area contributed by atoms with E-state index in [0.29, 0.717) is 16.4 Å². The minimum Gasteiger partial charge on any atom is -0.507 e. The summed E-state index contributed by atoms with van der Waals surface area (Å²) in [6.07, 6.45) is 1.32. The van der Waals surface area contributed by atoms with Gasteiger partial charge in [-0.1, -0.05) is 11.6 Å². The normalized spacial score (nSPS) is 11.6. The number of nitrogens with zero attached hydrogens (tertiary/aromatic N) is 2. The molecule has 6 nitrogen and oxygen atoms in total. The highest BCUT2D eigenvalue weighted by Gasteiger charge is 2.14. The highest BCUT2D eigenvalue weighted by Crippen LogP contribution is 2.29. The van der Waals surface area contributed by atoms with Crippen molar-refractivity contribution in [1.29, 1.82) is 0 Å². The first kappa shape index (κ1) is 14.4. The number of phenols is 1. The maximum atomic E-state index is 11.2. The van der Waals surface area contributed by atoms with Crippen LogP contribution in [0.4, 0.5) is 0 Å². The van der Waals surface area contributed by atoms with Crippen LogP contribution in [0, 0.1) is 6.92 Å². The Bertz CT molecular complexity index is 684. The molecule has 0 atom stereocenters. The zero-order valence-corrected chi connectivity index (χ0v) is 11.9. The van der Waals surface area contributed by atoms with Crippen LogP contribution in [0.5, 0.6) is 5.75 Å². The number of carboxylic acid groups (broad SMARTS) is 1. The van der Waals surface area contributed by atoms with Crippen molar-refractivity contribution >= 4 is 35.4 Å². The Balaban J connectivity index is 2.35. The van der Waals surface area contributed by atoms with Gasteiger partial charge >= 0.3 is 5.97 Å². The maximum absolute atomic E-state index is 11.2. The van der Waals surface area contributed by atoms with E-state index in [2.05, 4.69) is 15.2 Å². The molecule has 1 aromatic heterocycles. The Morgan fingerprint density at radius 2 is 2.25 bits per heavy atom. The third-order valence-corrected chi connectivity index (χ3v) is 3.38. The van der Waals surface area contributed by atoms with Crippen molar-refractivity contribution in [3.05, 3.63) is 39.5 Å². The second-order valence-electron chi connectivity index (χ2n) is 3.82. The second-order valence-corrected chi connectivity index (χ2v) is 5.27. The number of carbonyl (C=O) groups is 1. The second kappa shape index (κ2) is 5.98. The van der Waals surface area contributed by atoms with Crippen molar-refractivity contribution in [3.63, 3.8) is 0 Å². The van der Waals surface area contributed by atoms with Crippen molar-refractivity contribution in [1.82, 2.24) is 15.2 Å². The van der Waals surface area contributed by atoms with Gasteiger partial charge < -0.3 is 10.2 Å². The molecule has 3 N–H and O–H groups in total. The van der Waals surface area contributed by atoms with E-state index >= 15 is 0 Å². The molecular formula is C12H10ClN3O3S. The van der Waals surface area contributed by atoms with Crippen LogP contribution < -0.4 is 0 Å². The Hall–Kier alpha value is -1.99. The molecule has 0 spiro atoms. The van der Waals surface area contributed by atoms with Gasteiger partial charge in [0, 0.05) is 10.6 Å². The number of hydrogen-bond donors (Lipinski definition) is 3. The highest BCUT2D eigenvalue weighted by molar-refractivity contribution is 8.04. The molecule has 104 valence electrons. The van der Waals surface area contributed by atoms with E-state index in [1.807, 2.05) is 0 Å². The van der Waals surface area contributed by atoms with E-state index in [1.54, 1.807) is 6.92 Å². The monoisotopic (exact) mass is 311 g/mol. The van der Waals surface area contributed by atoms with E-state index in [1.165, 1.54) is 24.3 Å². The number of phenolic OH excluding ortho intramolecular Hbond substituents is 1. The van der Waals surface area contributed by atoms with Crippen LogP contribution in [-0.2, 0) is 4.79 Å². The molecule has 2 rings (SSSR count). The minimum atomic E-state index is -1.14. The standard InChI is InChI=1S/C12H10ClN3O3S/c1-6-14-12(16-15-6)20-10(11(18)19)5-7-4-8(13)2-3-9(7)17/h2-5,17H,1H3,(H,18,19)(H,14,15,16)/b10-5+. The first-order chi connectivity index (χ1) is 9.45. The van der Waals surface area contributed by atoms with Crippen molar-refractivity contribution < 1.29 is 15.0 Å². The summed E-state index contributed by atoms with van der Waals surface area (Å²) in [5, 5.41) is 26.1. The number of aryl methyl sites for hydroxylation is 1. The highest BCUT2D eigenvalue weighted by atomic mass is 35.5. The lowest BCUT2D eigenvalue weighted by Crippen LogP contribution is -1.97. The minimum absolute atomic E-state index is 0.0263. The number of hydrogen-bond acceptors (Lipinski definition) is 5. The molecule has 0 aliphatic rings. The van der Waals surface area contributed by atoms with Crippen molar-refractivity contribution in [2.75, 3.05) is 0 Å². The number of thioether (sulfide) groups is 1. The predicted molar refractivity (Wildman–Crippen MR) is 75.7 cm³/mol. The maximum Gasteiger partial charge on any atom is 0.342 e. The topological polar surface area (TPSA) is 99.1 Å². The summed E-state index contributed by atoms with van der Waals surface area (Å²) in [6.45, 7) is 1.71. The fraction of sp³-hybridized carbons (Fsp3) is 0.0833. The lowest BCUT2D eigenvalue weighted by Gasteiger charge is -2.02. The number of carboxylic acids is 1. The Kier molecular flexibility index (Phi) is 4.31. The van der Waals surface area contributed by atoms with Gasteiger partial charge in [0.2, 0.25) is 5.16 Å². The molecule has 0 fully saturated rings. The summed E-state index contributed by atoms with van der Waals surface area (Å²) in [5.41, 5.74) is 0.314. The molecule has 2 aromatic rings. The predicted octanol–water partition coefficient (Wildman–Crippen LogP) is 2.69. The molecule has 0 aliphatic heterocycles. The number of H-pyrrole nitrogens is 1. The number of halogens is 1. The van der Waals surface area contributed by atoms with Crippen LogP contribution in [0.15, 0.2) is 28.3 Å². The Morgan fingerprint density at radius 3 is 2.85 bits per heavy atom. The number of nitrogens with one attached hydrogen (secondary N) is 1. The number of benzene rings is 1. The van der Waals surface area contributed by atoms with Crippen molar-refractivity contribution in [2.45, 2.75) is 12.1 Å². The summed E-state index contributed by atoms with van der Waals surface area (Å²) in [4.78, 5) is 15.2. The molecule has 8 heteroatoms. The Morgan fingerprint density at radius 1 is 1.50 bits per heavy atom. The van der Waals surface area contributed by atoms with Gasteiger partial charge in [-0.05, 0) is 43.0 Å². The SMILES string of the molecule is Cc1nc(S/C(=C/c2cc(Cl)ccc2O)C(=O)O)n[nH]1. The molecule has 1 heterocycles. The average Bonchev–Trinajstić information content (AvgIpc) is 2.78.